The van der Waals surface area contributed by atoms with Gasteiger partial charge in [-0.05, 0) is 43.9 Å². The van der Waals surface area contributed by atoms with E-state index in [2.05, 4.69) is 22.2 Å². The second kappa shape index (κ2) is 4.70. The predicted molar refractivity (Wildman–Crippen MR) is 78.5 cm³/mol. The first-order valence-corrected chi connectivity index (χ1v) is 8.55. The van der Waals surface area contributed by atoms with Gasteiger partial charge >= 0.3 is 0 Å². The van der Waals surface area contributed by atoms with Gasteiger partial charge in [0.2, 0.25) is 0 Å². The summed E-state index contributed by atoms with van der Waals surface area (Å²) in [6, 6.07) is 5.29. The van der Waals surface area contributed by atoms with E-state index in [1.807, 2.05) is 0 Å². The molecule has 0 spiro atoms. The van der Waals surface area contributed by atoms with Crippen molar-refractivity contribution in [1.29, 1.82) is 0 Å². The second-order valence-electron chi connectivity index (χ2n) is 5.44. The maximum absolute atomic E-state index is 11.7. The summed E-state index contributed by atoms with van der Waals surface area (Å²) >= 11 is 0. The number of nitrogens with one attached hydrogen (secondary N) is 1. The Bertz CT molecular complexity index is 754. The van der Waals surface area contributed by atoms with Crippen LogP contribution >= 0.6 is 0 Å². The van der Waals surface area contributed by atoms with Crippen molar-refractivity contribution < 1.29 is 8.42 Å². The summed E-state index contributed by atoms with van der Waals surface area (Å²) in [7, 11) is -3.23. The standard InChI is InChI=1S/C14H17N3O2S/c1-9(10-3-4-10)17-14-12-7-11(20(2,18)19)5-6-13(12)15-8-16-14/h5-10H,3-4H2,1-2H3,(H,15,16,17). The molecule has 5 nitrogen and oxygen atoms in total. The normalized spacial score (nSPS) is 17.1. The van der Waals surface area contributed by atoms with Gasteiger partial charge in [-0.15, -0.1) is 0 Å². The van der Waals surface area contributed by atoms with Crippen molar-refractivity contribution in [2.45, 2.75) is 30.7 Å². The maximum atomic E-state index is 11.7. The molecule has 1 aliphatic rings. The van der Waals surface area contributed by atoms with Crippen LogP contribution in [0.15, 0.2) is 29.4 Å². The fourth-order valence-corrected chi connectivity index (χ4v) is 2.96. The molecule has 0 amide bonds. The smallest absolute Gasteiger partial charge is 0.175 e. The minimum absolute atomic E-state index is 0.293. The van der Waals surface area contributed by atoms with Gasteiger partial charge in [-0.2, -0.15) is 0 Å². The molecular formula is C14H17N3O2S. The Morgan fingerprint density at radius 1 is 1.30 bits per heavy atom. The summed E-state index contributed by atoms with van der Waals surface area (Å²) in [4.78, 5) is 8.74. The molecule has 0 aliphatic heterocycles. The van der Waals surface area contributed by atoms with Crippen molar-refractivity contribution in [2.75, 3.05) is 11.6 Å². The van der Waals surface area contributed by atoms with Crippen LogP contribution in [0, 0.1) is 5.92 Å². The summed E-state index contributed by atoms with van der Waals surface area (Å²) in [5.74, 6) is 1.40. The summed E-state index contributed by atoms with van der Waals surface area (Å²) in [6.07, 6.45) is 5.19. The molecule has 0 saturated heterocycles. The van der Waals surface area contributed by atoms with Gasteiger partial charge in [-0.1, -0.05) is 0 Å². The van der Waals surface area contributed by atoms with E-state index < -0.39 is 9.84 Å². The number of benzene rings is 1. The molecule has 6 heteroatoms. The minimum Gasteiger partial charge on any atom is -0.367 e. The quantitative estimate of drug-likeness (QED) is 0.935. The first kappa shape index (κ1) is 13.3. The maximum Gasteiger partial charge on any atom is 0.175 e. The average molecular weight is 291 g/mol. The minimum atomic E-state index is -3.23. The second-order valence-corrected chi connectivity index (χ2v) is 7.46. The highest BCUT2D eigenvalue weighted by atomic mass is 32.2. The molecular weight excluding hydrogens is 274 g/mol. The van der Waals surface area contributed by atoms with Crippen LogP contribution in [0.3, 0.4) is 0 Å². The van der Waals surface area contributed by atoms with Crippen molar-refractivity contribution >= 4 is 26.6 Å². The number of nitrogens with zero attached hydrogens (tertiary/aromatic N) is 2. The van der Waals surface area contributed by atoms with Crippen molar-refractivity contribution in [3.63, 3.8) is 0 Å². The Labute approximate surface area is 118 Å². The van der Waals surface area contributed by atoms with Crippen LogP contribution in [-0.4, -0.2) is 30.7 Å². The summed E-state index contributed by atoms with van der Waals surface area (Å²) < 4.78 is 23.3. The van der Waals surface area contributed by atoms with E-state index in [-0.39, 0.29) is 0 Å². The van der Waals surface area contributed by atoms with E-state index in [4.69, 9.17) is 0 Å². The Kier molecular flexibility index (Phi) is 3.12. The molecule has 106 valence electrons. The van der Waals surface area contributed by atoms with Crippen molar-refractivity contribution in [3.8, 4) is 0 Å². The average Bonchev–Trinajstić information content (AvgIpc) is 3.21. The van der Waals surface area contributed by atoms with Gasteiger partial charge in [0, 0.05) is 17.7 Å². The predicted octanol–water partition coefficient (Wildman–Crippen LogP) is 2.24. The third kappa shape index (κ3) is 2.60. The molecule has 3 rings (SSSR count). The molecule has 1 N–H and O–H groups in total. The monoisotopic (exact) mass is 291 g/mol. The molecule has 1 aromatic heterocycles. The SMILES string of the molecule is CC(Nc1ncnc2ccc(S(C)(=O)=O)cc12)C1CC1. The Balaban J connectivity index is 2.06. The van der Waals surface area contributed by atoms with E-state index in [1.54, 1.807) is 18.2 Å². The van der Waals surface area contributed by atoms with Crippen molar-refractivity contribution in [3.05, 3.63) is 24.5 Å². The van der Waals surface area contributed by atoms with Crippen LogP contribution in [0.5, 0.6) is 0 Å². The van der Waals surface area contributed by atoms with Gasteiger partial charge in [0.1, 0.15) is 12.1 Å². The van der Waals surface area contributed by atoms with Crippen LogP contribution in [-0.2, 0) is 9.84 Å². The van der Waals surface area contributed by atoms with Gasteiger partial charge in [0.05, 0.1) is 10.4 Å². The van der Waals surface area contributed by atoms with E-state index >= 15 is 0 Å². The third-order valence-corrected chi connectivity index (χ3v) is 4.84. The molecule has 1 atom stereocenters. The van der Waals surface area contributed by atoms with Crippen LogP contribution in [0.1, 0.15) is 19.8 Å². The molecule has 1 heterocycles. The lowest BCUT2D eigenvalue weighted by Gasteiger charge is -2.15. The Morgan fingerprint density at radius 2 is 2.05 bits per heavy atom. The fourth-order valence-electron chi connectivity index (χ4n) is 2.31. The number of hydrogen-bond donors (Lipinski definition) is 1. The number of hydrogen-bond acceptors (Lipinski definition) is 5. The summed E-state index contributed by atoms with van der Waals surface area (Å²) in [5, 5.41) is 4.13. The van der Waals surface area contributed by atoms with Gasteiger partial charge in [-0.3, -0.25) is 0 Å². The zero-order valence-electron chi connectivity index (χ0n) is 11.5. The van der Waals surface area contributed by atoms with Gasteiger partial charge in [0.15, 0.2) is 9.84 Å². The summed E-state index contributed by atoms with van der Waals surface area (Å²) in [6.45, 7) is 2.13. The van der Waals surface area contributed by atoms with Crippen molar-refractivity contribution in [1.82, 2.24) is 9.97 Å². The van der Waals surface area contributed by atoms with Gasteiger partial charge in [0.25, 0.3) is 0 Å². The molecule has 1 saturated carbocycles. The van der Waals surface area contributed by atoms with Crippen LogP contribution in [0.4, 0.5) is 5.82 Å². The zero-order valence-corrected chi connectivity index (χ0v) is 12.3. The van der Waals surface area contributed by atoms with E-state index in [0.717, 1.165) is 10.9 Å². The number of sulfone groups is 1. The zero-order chi connectivity index (χ0) is 14.3. The van der Waals surface area contributed by atoms with E-state index in [1.165, 1.54) is 25.4 Å². The lowest BCUT2D eigenvalue weighted by atomic mass is 10.2. The lowest BCUT2D eigenvalue weighted by Crippen LogP contribution is -2.18. The first-order chi connectivity index (χ1) is 9.45. The summed E-state index contributed by atoms with van der Waals surface area (Å²) in [5.41, 5.74) is 0.748. The topological polar surface area (TPSA) is 72.0 Å². The van der Waals surface area contributed by atoms with Crippen molar-refractivity contribution in [2.24, 2.45) is 5.92 Å². The highest BCUT2D eigenvalue weighted by Gasteiger charge is 2.28. The molecule has 1 unspecified atom stereocenters. The van der Waals surface area contributed by atoms with Crippen LogP contribution in [0.25, 0.3) is 10.9 Å². The third-order valence-electron chi connectivity index (χ3n) is 3.73. The van der Waals surface area contributed by atoms with Crippen LogP contribution in [0.2, 0.25) is 0 Å². The lowest BCUT2D eigenvalue weighted by molar-refractivity contribution is 0.602. The number of anilines is 1. The van der Waals surface area contributed by atoms with E-state index in [9.17, 15) is 8.42 Å². The van der Waals surface area contributed by atoms with Gasteiger partial charge in [-0.25, -0.2) is 18.4 Å². The highest BCUT2D eigenvalue weighted by Crippen LogP contribution is 2.34. The fraction of sp³-hybridized carbons (Fsp3) is 0.429. The molecule has 20 heavy (non-hydrogen) atoms. The number of fused-ring (bicyclic) bond motifs is 1. The largest absolute Gasteiger partial charge is 0.367 e. The first-order valence-electron chi connectivity index (χ1n) is 6.66. The molecule has 0 bridgehead atoms. The van der Waals surface area contributed by atoms with Gasteiger partial charge < -0.3 is 5.32 Å². The number of rotatable bonds is 4. The molecule has 1 aliphatic carbocycles. The molecule has 1 aromatic carbocycles. The van der Waals surface area contributed by atoms with E-state index in [0.29, 0.717) is 22.7 Å². The Morgan fingerprint density at radius 3 is 2.70 bits per heavy atom. The van der Waals surface area contributed by atoms with Crippen LogP contribution < -0.4 is 5.32 Å². The Hall–Kier alpha value is -1.69. The molecule has 1 fully saturated rings. The molecule has 0 radical (unpaired) electrons. The molecule has 2 aromatic rings. The highest BCUT2D eigenvalue weighted by molar-refractivity contribution is 7.90. The number of aromatic nitrogens is 2.